The summed E-state index contributed by atoms with van der Waals surface area (Å²) in [6.07, 6.45) is 6.52. The van der Waals surface area contributed by atoms with Gasteiger partial charge in [-0.1, -0.05) is 19.3 Å². The summed E-state index contributed by atoms with van der Waals surface area (Å²) in [5.41, 5.74) is 0. The average Bonchev–Trinajstić information content (AvgIpc) is 2.78. The van der Waals surface area contributed by atoms with Crippen molar-refractivity contribution in [2.75, 3.05) is 19.6 Å². The summed E-state index contributed by atoms with van der Waals surface area (Å²) < 4.78 is 0. The first kappa shape index (κ1) is 13.3. The highest BCUT2D eigenvalue weighted by molar-refractivity contribution is 5.78. The minimum Gasteiger partial charge on any atom is -0.481 e. The average molecular weight is 254 g/mol. The van der Waals surface area contributed by atoms with Gasteiger partial charge in [0.25, 0.3) is 0 Å². The second-order valence-electron chi connectivity index (χ2n) is 5.46. The van der Waals surface area contributed by atoms with Gasteiger partial charge in [-0.25, -0.2) is 0 Å². The molecule has 0 bridgehead atoms. The predicted molar refractivity (Wildman–Crippen MR) is 67.2 cm³/mol. The lowest BCUT2D eigenvalue weighted by Crippen LogP contribution is -2.42. The molecule has 2 rings (SSSR count). The third-order valence-corrected chi connectivity index (χ3v) is 3.96. The van der Waals surface area contributed by atoms with E-state index in [4.69, 9.17) is 5.11 Å². The molecule has 1 heterocycles. The minimum atomic E-state index is -0.745. The van der Waals surface area contributed by atoms with Crippen LogP contribution < -0.4 is 5.32 Å². The summed E-state index contributed by atoms with van der Waals surface area (Å²) in [6.45, 7) is 1.57. The number of amides is 1. The molecule has 102 valence electrons. The van der Waals surface area contributed by atoms with Crippen molar-refractivity contribution in [3.63, 3.8) is 0 Å². The van der Waals surface area contributed by atoms with Gasteiger partial charge in [0.2, 0.25) is 5.91 Å². The molecule has 1 aliphatic heterocycles. The molecule has 5 heteroatoms. The van der Waals surface area contributed by atoms with Crippen LogP contribution in [-0.2, 0) is 9.59 Å². The van der Waals surface area contributed by atoms with Crippen LogP contribution in [0, 0.1) is 5.92 Å². The summed E-state index contributed by atoms with van der Waals surface area (Å²) in [5, 5.41) is 12.0. The first-order valence-electron chi connectivity index (χ1n) is 6.89. The van der Waals surface area contributed by atoms with Crippen LogP contribution >= 0.6 is 0 Å². The van der Waals surface area contributed by atoms with Gasteiger partial charge in [0.05, 0.1) is 12.5 Å². The summed E-state index contributed by atoms with van der Waals surface area (Å²) in [6, 6.07) is 0.337. The molecular formula is C13H22N2O3. The van der Waals surface area contributed by atoms with Crippen molar-refractivity contribution in [3.05, 3.63) is 0 Å². The van der Waals surface area contributed by atoms with Crippen molar-refractivity contribution < 1.29 is 14.7 Å². The third-order valence-electron chi connectivity index (χ3n) is 3.96. The number of hydrogen-bond acceptors (Lipinski definition) is 3. The molecule has 0 aromatic rings. The first-order chi connectivity index (χ1) is 8.65. The number of nitrogens with one attached hydrogen (secondary N) is 1. The van der Waals surface area contributed by atoms with E-state index in [0.29, 0.717) is 25.6 Å². The fourth-order valence-corrected chi connectivity index (χ4v) is 2.90. The first-order valence-corrected chi connectivity index (χ1v) is 6.89. The van der Waals surface area contributed by atoms with E-state index < -0.39 is 5.97 Å². The van der Waals surface area contributed by atoms with Gasteiger partial charge >= 0.3 is 5.97 Å². The number of carbonyl (C=O) groups excluding carboxylic acids is 1. The summed E-state index contributed by atoms with van der Waals surface area (Å²) in [5.74, 6) is -0.995. The molecule has 18 heavy (non-hydrogen) atoms. The van der Waals surface area contributed by atoms with E-state index in [1.807, 2.05) is 4.90 Å². The summed E-state index contributed by atoms with van der Waals surface area (Å²) in [4.78, 5) is 24.6. The highest BCUT2D eigenvalue weighted by Crippen LogP contribution is 2.18. The third kappa shape index (κ3) is 3.70. The number of hydrogen-bond donors (Lipinski definition) is 2. The smallest absolute Gasteiger partial charge is 0.307 e. The number of carboxylic acid groups (broad SMARTS) is 1. The van der Waals surface area contributed by atoms with Crippen LogP contribution in [0.5, 0.6) is 0 Å². The lowest BCUT2D eigenvalue weighted by molar-refractivity contribution is -0.141. The standard InChI is InChI=1S/C13H22N2O3/c16-12(14-11-4-2-1-3-5-11)9-15-7-6-10(8-15)13(17)18/h10-11H,1-9H2,(H,14,16)(H,17,18). The summed E-state index contributed by atoms with van der Waals surface area (Å²) in [7, 11) is 0. The zero-order valence-corrected chi connectivity index (χ0v) is 10.7. The molecule has 1 amide bonds. The van der Waals surface area contributed by atoms with Crippen molar-refractivity contribution in [1.82, 2.24) is 10.2 Å². The van der Waals surface area contributed by atoms with Gasteiger partial charge in [-0.15, -0.1) is 0 Å². The Morgan fingerprint density at radius 3 is 2.50 bits per heavy atom. The Kier molecular flexibility index (Phi) is 4.58. The Labute approximate surface area is 108 Å². The van der Waals surface area contributed by atoms with Gasteiger partial charge in [0, 0.05) is 12.6 Å². The molecule has 1 saturated heterocycles. The van der Waals surface area contributed by atoms with E-state index in [1.54, 1.807) is 0 Å². The molecule has 1 saturated carbocycles. The van der Waals surface area contributed by atoms with Crippen molar-refractivity contribution in [2.45, 2.75) is 44.6 Å². The van der Waals surface area contributed by atoms with Crippen LogP contribution in [0.15, 0.2) is 0 Å². The lowest BCUT2D eigenvalue weighted by atomic mass is 9.95. The van der Waals surface area contributed by atoms with Gasteiger partial charge in [-0.2, -0.15) is 0 Å². The van der Waals surface area contributed by atoms with E-state index in [-0.39, 0.29) is 11.8 Å². The molecule has 0 aromatic heterocycles. The predicted octanol–water partition coefficient (Wildman–Crippen LogP) is 0.842. The lowest BCUT2D eigenvalue weighted by Gasteiger charge is -2.24. The number of carboxylic acids is 1. The van der Waals surface area contributed by atoms with Crippen LogP contribution in [-0.4, -0.2) is 47.6 Å². The highest BCUT2D eigenvalue weighted by atomic mass is 16.4. The van der Waals surface area contributed by atoms with E-state index in [0.717, 1.165) is 19.4 Å². The molecular weight excluding hydrogens is 232 g/mol. The zero-order valence-electron chi connectivity index (χ0n) is 10.7. The van der Waals surface area contributed by atoms with Gasteiger partial charge in [-0.3, -0.25) is 14.5 Å². The molecule has 0 aromatic carbocycles. The van der Waals surface area contributed by atoms with Gasteiger partial charge in [0.15, 0.2) is 0 Å². The Morgan fingerprint density at radius 2 is 1.89 bits per heavy atom. The molecule has 2 fully saturated rings. The fourth-order valence-electron chi connectivity index (χ4n) is 2.90. The van der Waals surface area contributed by atoms with E-state index in [9.17, 15) is 9.59 Å². The van der Waals surface area contributed by atoms with Crippen LogP contribution in [0.4, 0.5) is 0 Å². The minimum absolute atomic E-state index is 0.0490. The molecule has 0 spiro atoms. The van der Waals surface area contributed by atoms with Gasteiger partial charge < -0.3 is 10.4 Å². The number of rotatable bonds is 4. The van der Waals surface area contributed by atoms with Crippen LogP contribution in [0.2, 0.25) is 0 Å². The number of likely N-dealkylation sites (tertiary alicyclic amines) is 1. The van der Waals surface area contributed by atoms with Crippen LogP contribution in [0.25, 0.3) is 0 Å². The molecule has 0 radical (unpaired) electrons. The maximum absolute atomic E-state index is 11.8. The van der Waals surface area contributed by atoms with Crippen molar-refractivity contribution in [3.8, 4) is 0 Å². The van der Waals surface area contributed by atoms with E-state index in [1.165, 1.54) is 19.3 Å². The van der Waals surface area contributed by atoms with E-state index >= 15 is 0 Å². The largest absolute Gasteiger partial charge is 0.481 e. The maximum atomic E-state index is 11.8. The molecule has 1 unspecified atom stereocenters. The molecule has 1 atom stereocenters. The van der Waals surface area contributed by atoms with Crippen molar-refractivity contribution >= 4 is 11.9 Å². The molecule has 2 aliphatic rings. The monoisotopic (exact) mass is 254 g/mol. The zero-order chi connectivity index (χ0) is 13.0. The van der Waals surface area contributed by atoms with Gasteiger partial charge in [-0.05, 0) is 25.8 Å². The highest BCUT2D eigenvalue weighted by Gasteiger charge is 2.29. The van der Waals surface area contributed by atoms with Crippen LogP contribution in [0.3, 0.4) is 0 Å². The fraction of sp³-hybridized carbons (Fsp3) is 0.846. The molecule has 1 aliphatic carbocycles. The van der Waals surface area contributed by atoms with Crippen molar-refractivity contribution in [2.24, 2.45) is 5.92 Å². The second-order valence-corrected chi connectivity index (χ2v) is 5.46. The number of aliphatic carboxylic acids is 1. The Balaban J connectivity index is 1.69. The molecule has 2 N–H and O–H groups in total. The summed E-state index contributed by atoms with van der Waals surface area (Å²) >= 11 is 0. The molecule has 5 nitrogen and oxygen atoms in total. The van der Waals surface area contributed by atoms with Crippen LogP contribution in [0.1, 0.15) is 38.5 Å². The number of nitrogens with zero attached hydrogens (tertiary/aromatic N) is 1. The SMILES string of the molecule is O=C(CN1CCC(C(=O)O)C1)NC1CCCCC1. The Bertz CT molecular complexity index is 313. The quantitative estimate of drug-likeness (QED) is 0.780. The topological polar surface area (TPSA) is 69.6 Å². The second kappa shape index (κ2) is 6.18. The Morgan fingerprint density at radius 1 is 1.17 bits per heavy atom. The van der Waals surface area contributed by atoms with E-state index in [2.05, 4.69) is 5.32 Å². The number of carbonyl (C=O) groups is 2. The van der Waals surface area contributed by atoms with Gasteiger partial charge in [0.1, 0.15) is 0 Å². The van der Waals surface area contributed by atoms with Crippen molar-refractivity contribution in [1.29, 1.82) is 0 Å². The maximum Gasteiger partial charge on any atom is 0.307 e. The normalized spacial score (nSPS) is 26.1. The Hall–Kier alpha value is -1.10.